The molecule has 0 spiro atoms. The maximum Gasteiger partial charge on any atom is 0.160 e. The van der Waals surface area contributed by atoms with Gasteiger partial charge < -0.3 is 14.6 Å². The topological polar surface area (TPSA) is 38.7 Å². The van der Waals surface area contributed by atoms with Crippen LogP contribution in [0.5, 0.6) is 17.2 Å². The van der Waals surface area contributed by atoms with E-state index in [0.717, 1.165) is 11.3 Å². The van der Waals surface area contributed by atoms with E-state index in [9.17, 15) is 5.11 Å². The first-order valence-corrected chi connectivity index (χ1v) is 6.33. The highest BCUT2D eigenvalue weighted by Gasteiger charge is 2.32. The SMILES string of the molecule is COc1cc([C@H]2Oc3ccccc3[C@@H]2C)ccc1O. The van der Waals surface area contributed by atoms with Crippen LogP contribution in [0.25, 0.3) is 0 Å². The molecule has 0 aliphatic carbocycles. The van der Waals surface area contributed by atoms with E-state index in [1.165, 1.54) is 5.56 Å². The molecule has 0 fully saturated rings. The van der Waals surface area contributed by atoms with Crippen LogP contribution in [0.4, 0.5) is 0 Å². The summed E-state index contributed by atoms with van der Waals surface area (Å²) in [6.45, 7) is 2.15. The van der Waals surface area contributed by atoms with Crippen LogP contribution >= 0.6 is 0 Å². The molecule has 0 amide bonds. The molecule has 1 heterocycles. The third-order valence-corrected chi connectivity index (χ3v) is 3.65. The number of phenols is 1. The highest BCUT2D eigenvalue weighted by atomic mass is 16.5. The van der Waals surface area contributed by atoms with Crippen LogP contribution in [0.2, 0.25) is 0 Å². The predicted molar refractivity (Wildman–Crippen MR) is 72.9 cm³/mol. The molecule has 19 heavy (non-hydrogen) atoms. The van der Waals surface area contributed by atoms with Crippen molar-refractivity contribution >= 4 is 0 Å². The molecular formula is C16H16O3. The molecule has 0 saturated heterocycles. The van der Waals surface area contributed by atoms with E-state index in [1.54, 1.807) is 13.2 Å². The summed E-state index contributed by atoms with van der Waals surface area (Å²) >= 11 is 0. The maximum absolute atomic E-state index is 9.65. The zero-order valence-electron chi connectivity index (χ0n) is 11.0. The van der Waals surface area contributed by atoms with Crippen molar-refractivity contribution in [2.24, 2.45) is 0 Å². The van der Waals surface area contributed by atoms with Crippen LogP contribution in [0.1, 0.15) is 30.1 Å². The molecule has 2 aromatic carbocycles. The number of fused-ring (bicyclic) bond motifs is 1. The molecule has 3 rings (SSSR count). The van der Waals surface area contributed by atoms with E-state index in [-0.39, 0.29) is 17.8 Å². The number of benzene rings is 2. The van der Waals surface area contributed by atoms with Gasteiger partial charge in [0.2, 0.25) is 0 Å². The minimum absolute atomic E-state index is 0.0353. The van der Waals surface area contributed by atoms with Crippen molar-refractivity contribution in [1.29, 1.82) is 0 Å². The van der Waals surface area contributed by atoms with Crippen LogP contribution in [-0.4, -0.2) is 12.2 Å². The van der Waals surface area contributed by atoms with Gasteiger partial charge in [-0.25, -0.2) is 0 Å². The van der Waals surface area contributed by atoms with Gasteiger partial charge in [-0.1, -0.05) is 31.2 Å². The maximum atomic E-state index is 9.65. The average Bonchev–Trinajstić information content (AvgIpc) is 2.77. The highest BCUT2D eigenvalue weighted by Crippen LogP contribution is 2.46. The van der Waals surface area contributed by atoms with Crippen molar-refractivity contribution in [3.8, 4) is 17.2 Å². The normalized spacial score (nSPS) is 20.7. The molecular weight excluding hydrogens is 240 g/mol. The van der Waals surface area contributed by atoms with Crippen molar-refractivity contribution in [3.05, 3.63) is 53.6 Å². The summed E-state index contributed by atoms with van der Waals surface area (Å²) in [5, 5.41) is 9.65. The standard InChI is InChI=1S/C16H16O3/c1-10-12-5-3-4-6-14(12)19-16(10)11-7-8-13(17)15(9-11)18-2/h3-10,16-17H,1-2H3/t10-,16-/m0/s1. The van der Waals surface area contributed by atoms with E-state index in [2.05, 4.69) is 13.0 Å². The van der Waals surface area contributed by atoms with Gasteiger partial charge >= 0.3 is 0 Å². The summed E-state index contributed by atoms with van der Waals surface area (Å²) in [5.74, 6) is 1.84. The van der Waals surface area contributed by atoms with Gasteiger partial charge in [-0.3, -0.25) is 0 Å². The number of rotatable bonds is 2. The van der Waals surface area contributed by atoms with Gasteiger partial charge in [0.25, 0.3) is 0 Å². The van der Waals surface area contributed by atoms with Crippen molar-refractivity contribution in [1.82, 2.24) is 0 Å². The monoisotopic (exact) mass is 256 g/mol. The lowest BCUT2D eigenvalue weighted by Crippen LogP contribution is -2.07. The Morgan fingerprint density at radius 1 is 1.16 bits per heavy atom. The second kappa shape index (κ2) is 4.50. The van der Waals surface area contributed by atoms with Crippen molar-refractivity contribution in [3.63, 3.8) is 0 Å². The zero-order valence-corrected chi connectivity index (χ0v) is 11.0. The van der Waals surface area contributed by atoms with Crippen molar-refractivity contribution < 1.29 is 14.6 Å². The summed E-state index contributed by atoms with van der Waals surface area (Å²) < 4.78 is 11.2. The van der Waals surface area contributed by atoms with Crippen LogP contribution < -0.4 is 9.47 Å². The van der Waals surface area contributed by atoms with Gasteiger partial charge in [0.15, 0.2) is 11.5 Å². The van der Waals surface area contributed by atoms with E-state index in [4.69, 9.17) is 9.47 Å². The Morgan fingerprint density at radius 2 is 1.95 bits per heavy atom. The Kier molecular flexibility index (Phi) is 2.82. The van der Waals surface area contributed by atoms with Gasteiger partial charge in [-0.2, -0.15) is 0 Å². The van der Waals surface area contributed by atoms with Crippen LogP contribution in [0, 0.1) is 0 Å². The largest absolute Gasteiger partial charge is 0.504 e. The highest BCUT2D eigenvalue weighted by molar-refractivity contribution is 5.47. The van der Waals surface area contributed by atoms with Gasteiger partial charge in [-0.05, 0) is 23.8 Å². The summed E-state index contributed by atoms with van der Waals surface area (Å²) in [7, 11) is 1.55. The lowest BCUT2D eigenvalue weighted by Gasteiger charge is -2.17. The van der Waals surface area contributed by atoms with Crippen LogP contribution in [0.3, 0.4) is 0 Å². The molecule has 0 aromatic heterocycles. The molecule has 2 aromatic rings. The Balaban J connectivity index is 1.97. The average molecular weight is 256 g/mol. The summed E-state index contributed by atoms with van der Waals surface area (Å²) in [6.07, 6.45) is -0.0353. The minimum Gasteiger partial charge on any atom is -0.504 e. The van der Waals surface area contributed by atoms with Gasteiger partial charge in [0.05, 0.1) is 7.11 Å². The van der Waals surface area contributed by atoms with Gasteiger partial charge in [0.1, 0.15) is 11.9 Å². The number of para-hydroxylation sites is 1. The lowest BCUT2D eigenvalue weighted by molar-refractivity contribution is 0.215. The fourth-order valence-corrected chi connectivity index (χ4v) is 2.59. The van der Waals surface area contributed by atoms with Gasteiger partial charge in [-0.15, -0.1) is 0 Å². The molecule has 1 aliphatic heterocycles. The van der Waals surface area contributed by atoms with Crippen molar-refractivity contribution in [2.75, 3.05) is 7.11 Å². The third kappa shape index (κ3) is 1.91. The summed E-state index contributed by atoms with van der Waals surface area (Å²) in [4.78, 5) is 0. The van der Waals surface area contributed by atoms with Crippen LogP contribution in [-0.2, 0) is 0 Å². The Labute approximate surface area is 112 Å². The second-order valence-corrected chi connectivity index (χ2v) is 4.80. The summed E-state index contributed by atoms with van der Waals surface area (Å²) in [6, 6.07) is 13.4. The number of hydrogen-bond acceptors (Lipinski definition) is 3. The number of ether oxygens (including phenoxy) is 2. The van der Waals surface area contributed by atoms with E-state index < -0.39 is 0 Å². The van der Waals surface area contributed by atoms with E-state index in [0.29, 0.717) is 5.75 Å². The molecule has 0 saturated carbocycles. The lowest BCUT2D eigenvalue weighted by atomic mass is 9.93. The third-order valence-electron chi connectivity index (χ3n) is 3.65. The van der Waals surface area contributed by atoms with E-state index >= 15 is 0 Å². The number of methoxy groups -OCH3 is 1. The number of phenolic OH excluding ortho intramolecular Hbond substituents is 1. The Bertz CT molecular complexity index is 607. The minimum atomic E-state index is -0.0353. The molecule has 0 bridgehead atoms. The Hall–Kier alpha value is -2.16. The van der Waals surface area contributed by atoms with E-state index in [1.807, 2.05) is 30.3 Å². The molecule has 98 valence electrons. The number of aromatic hydroxyl groups is 1. The smallest absolute Gasteiger partial charge is 0.160 e. The first-order valence-electron chi connectivity index (χ1n) is 6.33. The first-order chi connectivity index (χ1) is 9.20. The fourth-order valence-electron chi connectivity index (χ4n) is 2.59. The number of hydrogen-bond donors (Lipinski definition) is 1. The molecule has 3 nitrogen and oxygen atoms in total. The second-order valence-electron chi connectivity index (χ2n) is 4.80. The Morgan fingerprint density at radius 3 is 2.68 bits per heavy atom. The molecule has 1 N–H and O–H groups in total. The zero-order chi connectivity index (χ0) is 13.4. The molecule has 0 radical (unpaired) electrons. The molecule has 0 unspecified atom stereocenters. The van der Waals surface area contributed by atoms with Crippen LogP contribution in [0.15, 0.2) is 42.5 Å². The molecule has 1 aliphatic rings. The molecule has 2 atom stereocenters. The van der Waals surface area contributed by atoms with Crippen molar-refractivity contribution in [2.45, 2.75) is 18.9 Å². The fraction of sp³-hybridized carbons (Fsp3) is 0.250. The summed E-state index contributed by atoms with van der Waals surface area (Å²) in [5.41, 5.74) is 2.23. The molecule has 3 heteroatoms. The predicted octanol–water partition coefficient (Wildman–Crippen LogP) is 3.64. The quantitative estimate of drug-likeness (QED) is 0.891. The van der Waals surface area contributed by atoms with Gasteiger partial charge in [0, 0.05) is 11.5 Å². The first kappa shape index (κ1) is 11.9.